The van der Waals surface area contributed by atoms with Gasteiger partial charge in [0.1, 0.15) is 0 Å². The SMILES string of the molecule is CC(=O)Nc1ccc(NC(=O)c2ccc(Nc3ccc4c(c3)OCO4)nn2)cc1. The molecule has 3 aromatic rings. The highest BCUT2D eigenvalue weighted by Gasteiger charge is 2.14. The fourth-order valence-electron chi connectivity index (χ4n) is 2.68. The van der Waals surface area contributed by atoms with Gasteiger partial charge in [-0.15, -0.1) is 10.2 Å². The van der Waals surface area contributed by atoms with E-state index in [0.29, 0.717) is 28.7 Å². The number of carbonyl (C=O) groups excluding carboxylic acids is 2. The third kappa shape index (κ3) is 4.41. The summed E-state index contributed by atoms with van der Waals surface area (Å²) < 4.78 is 10.6. The van der Waals surface area contributed by atoms with Crippen LogP contribution in [0.25, 0.3) is 0 Å². The van der Waals surface area contributed by atoms with Crippen LogP contribution in [0.5, 0.6) is 11.5 Å². The average Bonchev–Trinajstić information content (AvgIpc) is 3.17. The van der Waals surface area contributed by atoms with Crippen molar-refractivity contribution in [2.24, 2.45) is 0 Å². The lowest BCUT2D eigenvalue weighted by Crippen LogP contribution is -2.14. The number of benzene rings is 2. The van der Waals surface area contributed by atoms with Crippen LogP contribution in [0.3, 0.4) is 0 Å². The van der Waals surface area contributed by atoms with Crippen LogP contribution >= 0.6 is 0 Å². The van der Waals surface area contributed by atoms with Gasteiger partial charge >= 0.3 is 0 Å². The van der Waals surface area contributed by atoms with Crippen LogP contribution in [-0.2, 0) is 4.79 Å². The molecule has 1 aliphatic rings. The lowest BCUT2D eigenvalue weighted by molar-refractivity contribution is -0.114. The van der Waals surface area contributed by atoms with Gasteiger partial charge in [-0.3, -0.25) is 9.59 Å². The highest BCUT2D eigenvalue weighted by atomic mass is 16.7. The summed E-state index contributed by atoms with van der Waals surface area (Å²) in [4.78, 5) is 23.4. The van der Waals surface area contributed by atoms with Gasteiger partial charge in [-0.25, -0.2) is 0 Å². The summed E-state index contributed by atoms with van der Waals surface area (Å²) in [6, 6.07) is 15.4. The molecule has 9 nitrogen and oxygen atoms in total. The second-order valence-corrected chi connectivity index (χ2v) is 6.21. The summed E-state index contributed by atoms with van der Waals surface area (Å²) in [7, 11) is 0. The molecule has 29 heavy (non-hydrogen) atoms. The molecule has 146 valence electrons. The molecule has 2 amide bonds. The number of aromatic nitrogens is 2. The smallest absolute Gasteiger partial charge is 0.276 e. The Hall–Kier alpha value is -4.14. The molecule has 3 N–H and O–H groups in total. The van der Waals surface area contributed by atoms with Crippen LogP contribution in [0.15, 0.2) is 54.6 Å². The first-order valence-electron chi connectivity index (χ1n) is 8.76. The normalized spacial score (nSPS) is 11.6. The van der Waals surface area contributed by atoms with Crippen LogP contribution in [-0.4, -0.2) is 28.8 Å². The summed E-state index contributed by atoms with van der Waals surface area (Å²) in [5, 5.41) is 16.5. The third-order valence-electron chi connectivity index (χ3n) is 4.01. The Bertz CT molecular complexity index is 1050. The van der Waals surface area contributed by atoms with E-state index < -0.39 is 0 Å². The second kappa shape index (κ2) is 7.85. The largest absolute Gasteiger partial charge is 0.454 e. The Balaban J connectivity index is 1.38. The molecule has 0 saturated heterocycles. The summed E-state index contributed by atoms with van der Waals surface area (Å²) in [5.74, 6) is 1.29. The van der Waals surface area contributed by atoms with E-state index in [1.807, 2.05) is 6.07 Å². The predicted molar refractivity (Wildman–Crippen MR) is 107 cm³/mol. The Morgan fingerprint density at radius 1 is 0.828 bits per heavy atom. The van der Waals surface area contributed by atoms with Crippen LogP contribution in [0.2, 0.25) is 0 Å². The number of anilines is 4. The Morgan fingerprint density at radius 3 is 2.21 bits per heavy atom. The van der Waals surface area contributed by atoms with Gasteiger partial charge in [0.2, 0.25) is 12.7 Å². The van der Waals surface area contributed by atoms with E-state index in [1.54, 1.807) is 48.5 Å². The van der Waals surface area contributed by atoms with Crippen LogP contribution in [0.4, 0.5) is 22.9 Å². The van der Waals surface area contributed by atoms with Gasteiger partial charge in [0.05, 0.1) is 0 Å². The first-order valence-corrected chi connectivity index (χ1v) is 8.76. The molecule has 0 saturated carbocycles. The van der Waals surface area contributed by atoms with Crippen LogP contribution in [0.1, 0.15) is 17.4 Å². The Kier molecular flexibility index (Phi) is 4.93. The van der Waals surface area contributed by atoms with E-state index in [1.165, 1.54) is 6.92 Å². The number of hydrogen-bond acceptors (Lipinski definition) is 7. The molecule has 2 aromatic carbocycles. The standard InChI is InChI=1S/C20H17N5O4/c1-12(26)21-13-2-4-14(5-3-13)23-20(27)16-7-9-19(25-24-16)22-15-6-8-17-18(10-15)29-11-28-17/h2-10H,11H2,1H3,(H,21,26)(H,22,25)(H,23,27). The number of hydrogen-bond donors (Lipinski definition) is 3. The van der Waals surface area contributed by atoms with Gasteiger partial charge in [-0.05, 0) is 48.5 Å². The highest BCUT2D eigenvalue weighted by Crippen LogP contribution is 2.34. The van der Waals surface area contributed by atoms with Crippen molar-refractivity contribution in [2.45, 2.75) is 6.92 Å². The average molecular weight is 391 g/mol. The van der Waals surface area contributed by atoms with E-state index in [4.69, 9.17) is 9.47 Å². The van der Waals surface area contributed by atoms with Crippen molar-refractivity contribution in [3.05, 3.63) is 60.3 Å². The van der Waals surface area contributed by atoms with Crippen molar-refractivity contribution >= 4 is 34.7 Å². The predicted octanol–water partition coefficient (Wildman–Crippen LogP) is 3.16. The third-order valence-corrected chi connectivity index (χ3v) is 4.01. The Labute approximate surface area is 166 Å². The van der Waals surface area contributed by atoms with Crippen molar-refractivity contribution in [3.63, 3.8) is 0 Å². The molecule has 0 radical (unpaired) electrons. The monoisotopic (exact) mass is 391 g/mol. The number of amides is 2. The molecular weight excluding hydrogens is 374 g/mol. The molecular formula is C20H17N5O4. The van der Waals surface area contributed by atoms with Gasteiger partial charge < -0.3 is 25.4 Å². The fourth-order valence-corrected chi connectivity index (χ4v) is 2.68. The highest BCUT2D eigenvalue weighted by molar-refractivity contribution is 6.03. The topological polar surface area (TPSA) is 114 Å². The first kappa shape index (κ1) is 18.2. The minimum atomic E-state index is -0.389. The van der Waals surface area contributed by atoms with Gasteiger partial charge in [0.25, 0.3) is 5.91 Å². The summed E-state index contributed by atoms with van der Waals surface area (Å²) >= 11 is 0. The molecule has 1 aromatic heterocycles. The van der Waals surface area contributed by atoms with Crippen molar-refractivity contribution in [1.82, 2.24) is 10.2 Å². The number of carbonyl (C=O) groups is 2. The van der Waals surface area contributed by atoms with Crippen LogP contribution < -0.4 is 25.4 Å². The molecule has 9 heteroatoms. The zero-order valence-electron chi connectivity index (χ0n) is 15.4. The van der Waals surface area contributed by atoms with E-state index in [-0.39, 0.29) is 24.3 Å². The molecule has 0 bridgehead atoms. The van der Waals surface area contributed by atoms with E-state index >= 15 is 0 Å². The quantitative estimate of drug-likeness (QED) is 0.612. The summed E-state index contributed by atoms with van der Waals surface area (Å²) in [6.45, 7) is 1.64. The number of nitrogens with one attached hydrogen (secondary N) is 3. The minimum absolute atomic E-state index is 0.161. The van der Waals surface area contributed by atoms with Gasteiger partial charge in [0, 0.05) is 30.1 Å². The van der Waals surface area contributed by atoms with E-state index in [9.17, 15) is 9.59 Å². The molecule has 0 atom stereocenters. The van der Waals surface area contributed by atoms with Crippen molar-refractivity contribution in [2.75, 3.05) is 22.7 Å². The Morgan fingerprint density at radius 2 is 1.52 bits per heavy atom. The lowest BCUT2D eigenvalue weighted by Gasteiger charge is -2.08. The van der Waals surface area contributed by atoms with E-state index in [0.717, 1.165) is 5.69 Å². The number of ether oxygens (including phenoxy) is 2. The molecule has 0 spiro atoms. The second-order valence-electron chi connectivity index (χ2n) is 6.21. The van der Waals surface area contributed by atoms with Crippen molar-refractivity contribution in [3.8, 4) is 11.5 Å². The van der Waals surface area contributed by atoms with Gasteiger partial charge in [-0.2, -0.15) is 0 Å². The molecule has 2 heterocycles. The lowest BCUT2D eigenvalue weighted by atomic mass is 10.2. The maximum Gasteiger partial charge on any atom is 0.276 e. The zero-order valence-corrected chi connectivity index (χ0v) is 15.4. The molecule has 0 aliphatic carbocycles. The summed E-state index contributed by atoms with van der Waals surface area (Å²) in [5.41, 5.74) is 2.16. The fraction of sp³-hybridized carbons (Fsp3) is 0.100. The number of rotatable bonds is 5. The zero-order chi connectivity index (χ0) is 20.2. The molecule has 0 unspecified atom stereocenters. The molecule has 4 rings (SSSR count). The summed E-state index contributed by atoms with van der Waals surface area (Å²) in [6.07, 6.45) is 0. The van der Waals surface area contributed by atoms with E-state index in [2.05, 4.69) is 26.1 Å². The number of fused-ring (bicyclic) bond motifs is 1. The minimum Gasteiger partial charge on any atom is -0.454 e. The molecule has 0 fully saturated rings. The molecule has 1 aliphatic heterocycles. The van der Waals surface area contributed by atoms with Gasteiger partial charge in [-0.1, -0.05) is 0 Å². The van der Waals surface area contributed by atoms with Gasteiger partial charge in [0.15, 0.2) is 23.0 Å². The van der Waals surface area contributed by atoms with Crippen molar-refractivity contribution < 1.29 is 19.1 Å². The number of nitrogens with zero attached hydrogens (tertiary/aromatic N) is 2. The van der Waals surface area contributed by atoms with Crippen molar-refractivity contribution in [1.29, 1.82) is 0 Å². The maximum atomic E-state index is 12.3. The van der Waals surface area contributed by atoms with Crippen LogP contribution in [0, 0.1) is 0 Å². The maximum absolute atomic E-state index is 12.3. The first-order chi connectivity index (χ1) is 14.1.